The second-order valence-electron chi connectivity index (χ2n) is 8.55. The number of carbonyl (C=O) groups is 3. The highest BCUT2D eigenvalue weighted by molar-refractivity contribution is 6.12. The Bertz CT molecular complexity index is 1070. The molecular formula is C24H25N3O3. The van der Waals surface area contributed by atoms with E-state index in [9.17, 15) is 14.4 Å². The Morgan fingerprint density at radius 1 is 1.13 bits per heavy atom. The molecule has 3 aliphatic rings. The van der Waals surface area contributed by atoms with E-state index in [0.717, 1.165) is 30.6 Å². The molecule has 154 valence electrons. The van der Waals surface area contributed by atoms with Gasteiger partial charge in [0.05, 0.1) is 5.92 Å². The van der Waals surface area contributed by atoms with Crippen LogP contribution in [0.3, 0.4) is 0 Å². The van der Waals surface area contributed by atoms with E-state index in [0.29, 0.717) is 17.7 Å². The molecule has 2 saturated heterocycles. The zero-order chi connectivity index (χ0) is 21.0. The molecule has 0 bridgehead atoms. The number of hydrogen-bond donors (Lipinski definition) is 1. The number of Topliss-reactive ketones (excluding diaryl/α,β-unsaturated/α-hetero) is 1. The zero-order valence-electron chi connectivity index (χ0n) is 17.2. The third kappa shape index (κ3) is 2.50. The Morgan fingerprint density at radius 3 is 2.73 bits per heavy atom. The molecule has 6 heteroatoms. The standard InChI is InChI=1S/C24H25N3O3/c1-15(28)16-7-5-8-17(13-16)25-22(29)20-14-18-9-6-12-27(18)24(20)19-10-3-4-11-21(19)26(2)23(24)30/h3-5,7-8,10-11,13,18,20H,6,9,12,14H2,1-2H3,(H,25,29)/t18-,20-,24+/m0/s1. The normalized spacial score (nSPS) is 27.4. The Morgan fingerprint density at radius 2 is 1.93 bits per heavy atom. The van der Waals surface area contributed by atoms with Crippen molar-refractivity contribution in [3.05, 3.63) is 59.7 Å². The lowest BCUT2D eigenvalue weighted by Gasteiger charge is -2.37. The molecule has 3 heterocycles. The van der Waals surface area contributed by atoms with Crippen molar-refractivity contribution in [1.29, 1.82) is 0 Å². The van der Waals surface area contributed by atoms with Crippen molar-refractivity contribution >= 4 is 29.0 Å². The van der Waals surface area contributed by atoms with Gasteiger partial charge in [0, 0.05) is 35.6 Å². The predicted octanol–water partition coefficient (Wildman–Crippen LogP) is 3.18. The second kappa shape index (κ2) is 6.77. The quantitative estimate of drug-likeness (QED) is 0.799. The van der Waals surface area contributed by atoms with Crippen molar-refractivity contribution in [3.8, 4) is 0 Å². The maximum Gasteiger partial charge on any atom is 0.252 e. The minimum Gasteiger partial charge on any atom is -0.326 e. The molecule has 2 fully saturated rings. The van der Waals surface area contributed by atoms with E-state index in [1.165, 1.54) is 6.92 Å². The number of benzene rings is 2. The van der Waals surface area contributed by atoms with Crippen LogP contribution < -0.4 is 10.2 Å². The molecule has 0 radical (unpaired) electrons. The SMILES string of the molecule is CC(=O)c1cccc(NC(=O)[C@@H]2C[C@@H]3CCCN3[C@@]23C(=O)N(C)c2ccccc23)c1. The third-order valence-electron chi connectivity index (χ3n) is 7.00. The largest absolute Gasteiger partial charge is 0.326 e. The number of ketones is 1. The molecule has 5 rings (SSSR count). The number of anilines is 2. The van der Waals surface area contributed by atoms with Crippen LogP contribution in [0.1, 0.15) is 42.1 Å². The van der Waals surface area contributed by atoms with Gasteiger partial charge in [0.1, 0.15) is 5.54 Å². The number of nitrogens with one attached hydrogen (secondary N) is 1. The lowest BCUT2D eigenvalue weighted by Crippen LogP contribution is -2.55. The number of nitrogens with zero attached hydrogens (tertiary/aromatic N) is 2. The van der Waals surface area contributed by atoms with Crippen molar-refractivity contribution in [2.24, 2.45) is 5.92 Å². The fraction of sp³-hybridized carbons (Fsp3) is 0.375. The van der Waals surface area contributed by atoms with Crippen LogP contribution in [0.15, 0.2) is 48.5 Å². The van der Waals surface area contributed by atoms with Crippen LogP contribution in [0.25, 0.3) is 0 Å². The fourth-order valence-electron chi connectivity index (χ4n) is 5.71. The summed E-state index contributed by atoms with van der Waals surface area (Å²) in [4.78, 5) is 43.0. The summed E-state index contributed by atoms with van der Waals surface area (Å²) in [5, 5.41) is 3.00. The van der Waals surface area contributed by atoms with Crippen LogP contribution in [0.2, 0.25) is 0 Å². The second-order valence-corrected chi connectivity index (χ2v) is 8.55. The van der Waals surface area contributed by atoms with Gasteiger partial charge < -0.3 is 10.2 Å². The molecule has 3 atom stereocenters. The Hall–Kier alpha value is -2.99. The van der Waals surface area contributed by atoms with Gasteiger partial charge in [0.15, 0.2) is 5.78 Å². The maximum atomic E-state index is 13.7. The average Bonchev–Trinajstić information content (AvgIpc) is 3.38. The summed E-state index contributed by atoms with van der Waals surface area (Å²) in [6, 6.07) is 15.0. The summed E-state index contributed by atoms with van der Waals surface area (Å²) in [5.74, 6) is -0.720. The lowest BCUT2D eigenvalue weighted by molar-refractivity contribution is -0.136. The minimum absolute atomic E-state index is 0.0225. The van der Waals surface area contributed by atoms with Crippen molar-refractivity contribution in [1.82, 2.24) is 4.90 Å². The number of hydrogen-bond acceptors (Lipinski definition) is 4. The van der Waals surface area contributed by atoms with Gasteiger partial charge in [-0.05, 0) is 50.9 Å². The van der Waals surface area contributed by atoms with Gasteiger partial charge in [-0.1, -0.05) is 30.3 Å². The molecule has 0 aromatic heterocycles. The highest BCUT2D eigenvalue weighted by Crippen LogP contribution is 2.56. The molecule has 1 spiro atoms. The first-order valence-electron chi connectivity index (χ1n) is 10.5. The molecule has 3 aliphatic heterocycles. The van der Waals surface area contributed by atoms with Crippen molar-refractivity contribution in [2.45, 2.75) is 37.8 Å². The molecule has 30 heavy (non-hydrogen) atoms. The minimum atomic E-state index is -0.950. The Balaban J connectivity index is 1.56. The van der Waals surface area contributed by atoms with E-state index < -0.39 is 11.5 Å². The number of rotatable bonds is 3. The molecule has 6 nitrogen and oxygen atoms in total. The van der Waals surface area contributed by atoms with Gasteiger partial charge in [0.2, 0.25) is 5.91 Å². The first kappa shape index (κ1) is 19.0. The number of fused-ring (bicyclic) bond motifs is 4. The number of carbonyl (C=O) groups excluding carboxylic acids is 3. The Kier molecular flexibility index (Phi) is 4.29. The van der Waals surface area contributed by atoms with Crippen LogP contribution in [0, 0.1) is 5.92 Å². The number of likely N-dealkylation sites (N-methyl/N-ethyl adjacent to an activating group) is 1. The lowest BCUT2D eigenvalue weighted by atomic mass is 9.78. The van der Waals surface area contributed by atoms with E-state index in [1.807, 2.05) is 24.3 Å². The first-order chi connectivity index (χ1) is 14.4. The van der Waals surface area contributed by atoms with E-state index in [1.54, 1.807) is 36.2 Å². The highest BCUT2D eigenvalue weighted by Gasteiger charge is 2.66. The molecule has 2 aromatic rings. The molecule has 2 aromatic carbocycles. The van der Waals surface area contributed by atoms with E-state index in [2.05, 4.69) is 10.2 Å². The summed E-state index contributed by atoms with van der Waals surface area (Å²) in [6.45, 7) is 2.33. The topological polar surface area (TPSA) is 69.7 Å². The van der Waals surface area contributed by atoms with Gasteiger partial charge in [-0.15, -0.1) is 0 Å². The average molecular weight is 403 g/mol. The van der Waals surface area contributed by atoms with Gasteiger partial charge in [-0.3, -0.25) is 19.3 Å². The van der Waals surface area contributed by atoms with Crippen LogP contribution in [-0.4, -0.2) is 42.1 Å². The molecule has 0 aliphatic carbocycles. The van der Waals surface area contributed by atoms with Crippen LogP contribution in [0.4, 0.5) is 11.4 Å². The predicted molar refractivity (Wildman–Crippen MR) is 114 cm³/mol. The molecule has 0 saturated carbocycles. The van der Waals surface area contributed by atoms with Crippen molar-refractivity contribution < 1.29 is 14.4 Å². The molecule has 0 unspecified atom stereocenters. The van der Waals surface area contributed by atoms with Crippen molar-refractivity contribution in [2.75, 3.05) is 23.8 Å². The summed E-state index contributed by atoms with van der Waals surface area (Å²) in [7, 11) is 1.80. The molecule has 2 amide bonds. The highest BCUT2D eigenvalue weighted by atomic mass is 16.2. The zero-order valence-corrected chi connectivity index (χ0v) is 17.2. The van der Waals surface area contributed by atoms with Crippen LogP contribution in [-0.2, 0) is 15.1 Å². The summed E-state index contributed by atoms with van der Waals surface area (Å²) < 4.78 is 0. The summed E-state index contributed by atoms with van der Waals surface area (Å²) >= 11 is 0. The van der Waals surface area contributed by atoms with Crippen LogP contribution >= 0.6 is 0 Å². The number of amides is 2. The van der Waals surface area contributed by atoms with E-state index in [4.69, 9.17) is 0 Å². The summed E-state index contributed by atoms with van der Waals surface area (Å²) in [6.07, 6.45) is 2.71. The third-order valence-corrected chi connectivity index (χ3v) is 7.00. The van der Waals surface area contributed by atoms with Crippen molar-refractivity contribution in [3.63, 3.8) is 0 Å². The van der Waals surface area contributed by atoms with Gasteiger partial charge >= 0.3 is 0 Å². The van der Waals surface area contributed by atoms with Gasteiger partial charge in [0.25, 0.3) is 5.91 Å². The molecular weight excluding hydrogens is 378 g/mol. The fourth-order valence-corrected chi connectivity index (χ4v) is 5.71. The van der Waals surface area contributed by atoms with Gasteiger partial charge in [-0.25, -0.2) is 0 Å². The van der Waals surface area contributed by atoms with E-state index in [-0.39, 0.29) is 23.6 Å². The monoisotopic (exact) mass is 403 g/mol. The molecule has 1 N–H and O–H groups in total. The Labute approximate surface area is 175 Å². The summed E-state index contributed by atoms with van der Waals surface area (Å²) in [5.41, 5.74) is 2.00. The van der Waals surface area contributed by atoms with Gasteiger partial charge in [-0.2, -0.15) is 0 Å². The first-order valence-corrected chi connectivity index (χ1v) is 10.5. The van der Waals surface area contributed by atoms with Crippen LogP contribution in [0.5, 0.6) is 0 Å². The van der Waals surface area contributed by atoms with E-state index >= 15 is 0 Å². The maximum absolute atomic E-state index is 13.7. The smallest absolute Gasteiger partial charge is 0.252 e. The number of para-hydroxylation sites is 1.